The minimum absolute atomic E-state index is 0.0960. The molecule has 1 aliphatic heterocycles. The molecule has 0 saturated heterocycles. The van der Waals surface area contributed by atoms with Gasteiger partial charge in [-0.15, -0.1) is 10.2 Å². The van der Waals surface area contributed by atoms with E-state index in [9.17, 15) is 9.18 Å². The van der Waals surface area contributed by atoms with Crippen molar-refractivity contribution < 1.29 is 27.8 Å². The SMILES string of the molecule is C[C@H](Sc1nnc([C@H](C)Oc2ccccc2F)o1)C(=O)NCc1ccc2c(c1)OCO2. The van der Waals surface area contributed by atoms with Crippen LogP contribution < -0.4 is 19.5 Å². The highest BCUT2D eigenvalue weighted by molar-refractivity contribution is 8.00. The van der Waals surface area contributed by atoms with Crippen molar-refractivity contribution in [1.82, 2.24) is 15.5 Å². The van der Waals surface area contributed by atoms with E-state index >= 15 is 0 Å². The number of aromatic nitrogens is 2. The number of halogens is 1. The van der Waals surface area contributed by atoms with Crippen LogP contribution in [0.1, 0.15) is 31.4 Å². The summed E-state index contributed by atoms with van der Waals surface area (Å²) in [6.45, 7) is 3.97. The van der Waals surface area contributed by atoms with E-state index in [4.69, 9.17) is 18.6 Å². The van der Waals surface area contributed by atoms with Crippen molar-refractivity contribution in [3.05, 3.63) is 59.7 Å². The monoisotopic (exact) mass is 445 g/mol. The molecular weight excluding hydrogens is 425 g/mol. The smallest absolute Gasteiger partial charge is 0.277 e. The molecule has 3 aromatic rings. The Morgan fingerprint density at radius 1 is 1.19 bits per heavy atom. The number of thioether (sulfide) groups is 1. The molecule has 1 N–H and O–H groups in total. The summed E-state index contributed by atoms with van der Waals surface area (Å²) >= 11 is 1.13. The fraction of sp³-hybridized carbons (Fsp3) is 0.286. The third kappa shape index (κ3) is 5.08. The predicted molar refractivity (Wildman–Crippen MR) is 109 cm³/mol. The first kappa shape index (κ1) is 21.0. The third-order valence-corrected chi connectivity index (χ3v) is 5.40. The first-order valence-electron chi connectivity index (χ1n) is 9.57. The number of amides is 1. The lowest BCUT2D eigenvalue weighted by Gasteiger charge is -2.11. The quantitative estimate of drug-likeness (QED) is 0.522. The zero-order valence-corrected chi connectivity index (χ0v) is 17.6. The second-order valence-electron chi connectivity index (χ2n) is 6.76. The van der Waals surface area contributed by atoms with Gasteiger partial charge in [0.25, 0.3) is 11.1 Å². The molecule has 1 aromatic heterocycles. The van der Waals surface area contributed by atoms with Gasteiger partial charge in [-0.3, -0.25) is 4.79 Å². The van der Waals surface area contributed by atoms with E-state index in [1.807, 2.05) is 18.2 Å². The number of nitrogens with one attached hydrogen (secondary N) is 1. The van der Waals surface area contributed by atoms with Gasteiger partial charge in [-0.1, -0.05) is 30.0 Å². The van der Waals surface area contributed by atoms with Gasteiger partial charge in [0, 0.05) is 6.54 Å². The number of hydrogen-bond acceptors (Lipinski definition) is 8. The van der Waals surface area contributed by atoms with Gasteiger partial charge in [0.15, 0.2) is 29.2 Å². The Morgan fingerprint density at radius 2 is 2.00 bits per heavy atom. The number of carbonyl (C=O) groups excluding carboxylic acids is 1. The molecule has 0 radical (unpaired) electrons. The van der Waals surface area contributed by atoms with Crippen LogP contribution in [-0.4, -0.2) is 28.1 Å². The highest BCUT2D eigenvalue weighted by Gasteiger charge is 2.22. The van der Waals surface area contributed by atoms with Crippen molar-refractivity contribution in [3.8, 4) is 17.2 Å². The largest absolute Gasteiger partial charge is 0.478 e. The van der Waals surface area contributed by atoms with E-state index in [-0.39, 0.29) is 29.6 Å². The molecule has 0 bridgehead atoms. The number of carbonyl (C=O) groups is 1. The van der Waals surface area contributed by atoms with Crippen LogP contribution in [-0.2, 0) is 11.3 Å². The molecule has 0 spiro atoms. The van der Waals surface area contributed by atoms with Gasteiger partial charge in [0.05, 0.1) is 5.25 Å². The van der Waals surface area contributed by atoms with Crippen molar-refractivity contribution in [2.24, 2.45) is 0 Å². The average Bonchev–Trinajstić information content (AvgIpc) is 3.42. The van der Waals surface area contributed by atoms with E-state index in [2.05, 4.69) is 15.5 Å². The fourth-order valence-electron chi connectivity index (χ4n) is 2.80. The van der Waals surface area contributed by atoms with Gasteiger partial charge >= 0.3 is 0 Å². The van der Waals surface area contributed by atoms with Crippen molar-refractivity contribution in [2.75, 3.05) is 6.79 Å². The van der Waals surface area contributed by atoms with Crippen molar-refractivity contribution in [1.29, 1.82) is 0 Å². The van der Waals surface area contributed by atoms with Gasteiger partial charge in [-0.25, -0.2) is 4.39 Å². The molecule has 0 saturated carbocycles. The highest BCUT2D eigenvalue weighted by atomic mass is 32.2. The normalized spacial score (nSPS) is 14.2. The molecule has 2 heterocycles. The van der Waals surface area contributed by atoms with Gasteiger partial charge in [-0.2, -0.15) is 0 Å². The van der Waals surface area contributed by atoms with Crippen LogP contribution in [0.3, 0.4) is 0 Å². The number of nitrogens with zero attached hydrogens (tertiary/aromatic N) is 2. The minimum atomic E-state index is -0.645. The Bertz CT molecular complexity index is 1080. The Labute approximate surface area is 182 Å². The summed E-state index contributed by atoms with van der Waals surface area (Å²) in [4.78, 5) is 12.4. The lowest BCUT2D eigenvalue weighted by atomic mass is 10.2. The summed E-state index contributed by atoms with van der Waals surface area (Å²) in [5.41, 5.74) is 0.897. The molecule has 2 aromatic carbocycles. The highest BCUT2D eigenvalue weighted by Crippen LogP contribution is 2.32. The topological polar surface area (TPSA) is 95.7 Å². The Balaban J connectivity index is 1.29. The number of fused-ring (bicyclic) bond motifs is 1. The van der Waals surface area contributed by atoms with Crippen molar-refractivity contribution >= 4 is 17.7 Å². The van der Waals surface area contributed by atoms with Crippen molar-refractivity contribution in [2.45, 2.75) is 37.0 Å². The Kier molecular flexibility index (Phi) is 6.26. The molecule has 1 amide bonds. The van der Waals surface area contributed by atoms with Gasteiger partial charge in [0.2, 0.25) is 12.7 Å². The molecule has 8 nitrogen and oxygen atoms in total. The van der Waals surface area contributed by atoms with E-state index in [0.717, 1.165) is 17.3 Å². The van der Waals surface area contributed by atoms with Gasteiger partial charge in [-0.05, 0) is 43.7 Å². The van der Waals surface area contributed by atoms with Crippen LogP contribution in [0.2, 0.25) is 0 Å². The van der Waals surface area contributed by atoms with Crippen LogP contribution in [0, 0.1) is 5.82 Å². The average molecular weight is 445 g/mol. The summed E-state index contributed by atoms with van der Waals surface area (Å²) in [6, 6.07) is 11.6. The fourth-order valence-corrected chi connectivity index (χ4v) is 3.52. The molecule has 10 heteroatoms. The molecule has 0 aliphatic carbocycles. The van der Waals surface area contributed by atoms with Crippen LogP contribution >= 0.6 is 11.8 Å². The van der Waals surface area contributed by atoms with E-state index in [1.165, 1.54) is 12.1 Å². The van der Waals surface area contributed by atoms with Gasteiger partial charge in [0.1, 0.15) is 0 Å². The molecule has 2 atom stereocenters. The maximum absolute atomic E-state index is 13.7. The Morgan fingerprint density at radius 3 is 2.84 bits per heavy atom. The number of hydrogen-bond donors (Lipinski definition) is 1. The number of rotatable bonds is 8. The minimum Gasteiger partial charge on any atom is -0.478 e. The van der Waals surface area contributed by atoms with Gasteiger partial charge < -0.3 is 23.9 Å². The number of ether oxygens (including phenoxy) is 3. The Hall–Kier alpha value is -3.27. The van der Waals surface area contributed by atoms with Crippen LogP contribution in [0.4, 0.5) is 4.39 Å². The van der Waals surface area contributed by atoms with E-state index < -0.39 is 17.2 Å². The summed E-state index contributed by atoms with van der Waals surface area (Å²) in [7, 11) is 0. The zero-order chi connectivity index (χ0) is 21.8. The first-order valence-corrected chi connectivity index (χ1v) is 10.4. The summed E-state index contributed by atoms with van der Waals surface area (Å²) < 4.78 is 35.5. The van der Waals surface area contributed by atoms with Crippen LogP contribution in [0.5, 0.6) is 17.2 Å². The van der Waals surface area contributed by atoms with Crippen LogP contribution in [0.15, 0.2) is 52.1 Å². The second kappa shape index (κ2) is 9.25. The number of para-hydroxylation sites is 1. The second-order valence-corrected chi connectivity index (χ2v) is 8.05. The molecule has 31 heavy (non-hydrogen) atoms. The van der Waals surface area contributed by atoms with E-state index in [0.29, 0.717) is 18.0 Å². The first-order chi connectivity index (χ1) is 15.0. The maximum atomic E-state index is 13.7. The maximum Gasteiger partial charge on any atom is 0.277 e. The van der Waals surface area contributed by atoms with Crippen LogP contribution in [0.25, 0.3) is 0 Å². The molecule has 0 unspecified atom stereocenters. The molecule has 0 fully saturated rings. The third-order valence-electron chi connectivity index (χ3n) is 4.46. The number of benzene rings is 2. The standard InChI is InChI=1S/C21H20FN3O5S/c1-12(29-16-6-4-3-5-15(16)22)20-24-25-21(30-20)31-13(2)19(26)23-10-14-7-8-17-18(9-14)28-11-27-17/h3-9,12-13H,10-11H2,1-2H3,(H,23,26)/t12-,13-/m0/s1. The van der Waals surface area contributed by atoms with E-state index in [1.54, 1.807) is 26.0 Å². The molecule has 1 aliphatic rings. The van der Waals surface area contributed by atoms with Crippen molar-refractivity contribution in [3.63, 3.8) is 0 Å². The summed E-state index contributed by atoms with van der Waals surface area (Å²) in [5, 5.41) is 10.5. The predicted octanol–water partition coefficient (Wildman–Crippen LogP) is 3.87. The lowest BCUT2D eigenvalue weighted by Crippen LogP contribution is -2.30. The zero-order valence-electron chi connectivity index (χ0n) is 16.8. The molecule has 162 valence electrons. The molecular formula is C21H20FN3O5S. The molecule has 4 rings (SSSR count). The summed E-state index contributed by atoms with van der Waals surface area (Å²) in [6.07, 6.45) is -0.645. The summed E-state index contributed by atoms with van der Waals surface area (Å²) in [5.74, 6) is 0.991. The lowest BCUT2D eigenvalue weighted by molar-refractivity contribution is -0.120.